The highest BCUT2D eigenvalue weighted by molar-refractivity contribution is 6.30. The van der Waals surface area contributed by atoms with Crippen LogP contribution in [-0.4, -0.2) is 22.6 Å². The van der Waals surface area contributed by atoms with E-state index in [9.17, 15) is 4.79 Å². The average Bonchev–Trinajstić information content (AvgIpc) is 3.11. The summed E-state index contributed by atoms with van der Waals surface area (Å²) < 4.78 is 7.14. The molecule has 1 heterocycles. The number of benzene rings is 2. The molecule has 1 atom stereocenters. The number of hydrogen-bond acceptors (Lipinski definition) is 3. The highest BCUT2D eigenvalue weighted by atomic mass is 35.5. The summed E-state index contributed by atoms with van der Waals surface area (Å²) in [7, 11) is 3.54. The molecule has 0 aliphatic carbocycles. The first-order valence-electron chi connectivity index (χ1n) is 8.72. The molecule has 1 N–H and O–H groups in total. The Hall–Kier alpha value is -2.79. The minimum absolute atomic E-state index is 0.0410. The van der Waals surface area contributed by atoms with Gasteiger partial charge < -0.3 is 14.6 Å². The van der Waals surface area contributed by atoms with Gasteiger partial charge in [0.1, 0.15) is 17.6 Å². The maximum atomic E-state index is 12.6. The topological polar surface area (TPSA) is 56.1 Å². The van der Waals surface area contributed by atoms with Crippen molar-refractivity contribution in [1.82, 2.24) is 14.9 Å². The van der Waals surface area contributed by atoms with Gasteiger partial charge in [0.15, 0.2) is 0 Å². The number of methoxy groups -OCH3 is 1. The minimum Gasteiger partial charge on any atom is -0.497 e. The van der Waals surface area contributed by atoms with E-state index in [1.807, 2.05) is 66.3 Å². The van der Waals surface area contributed by atoms with E-state index in [1.54, 1.807) is 13.3 Å². The smallest absolute Gasteiger partial charge is 0.221 e. The van der Waals surface area contributed by atoms with Crippen LogP contribution in [0.5, 0.6) is 5.75 Å². The molecular formula is C21H22ClN3O2. The summed E-state index contributed by atoms with van der Waals surface area (Å²) >= 11 is 6.00. The molecule has 1 unspecified atom stereocenters. The van der Waals surface area contributed by atoms with Crippen LogP contribution in [0.1, 0.15) is 29.4 Å². The number of ether oxygens (including phenoxy) is 1. The molecule has 0 aliphatic rings. The number of rotatable bonds is 7. The van der Waals surface area contributed by atoms with Crippen molar-refractivity contribution in [2.75, 3.05) is 7.11 Å². The van der Waals surface area contributed by atoms with Gasteiger partial charge in [-0.25, -0.2) is 4.98 Å². The molecule has 140 valence electrons. The predicted molar refractivity (Wildman–Crippen MR) is 106 cm³/mol. The number of aromatic nitrogens is 2. The number of halogens is 1. The fourth-order valence-corrected chi connectivity index (χ4v) is 3.05. The van der Waals surface area contributed by atoms with Crippen molar-refractivity contribution in [1.29, 1.82) is 0 Å². The Bertz CT molecular complexity index is 906. The van der Waals surface area contributed by atoms with Crippen molar-refractivity contribution < 1.29 is 9.53 Å². The highest BCUT2D eigenvalue weighted by Gasteiger charge is 2.20. The van der Waals surface area contributed by atoms with E-state index in [0.29, 0.717) is 17.9 Å². The fourth-order valence-electron chi connectivity index (χ4n) is 2.93. The molecule has 3 aromatic rings. The second-order valence-electron chi connectivity index (χ2n) is 6.30. The van der Waals surface area contributed by atoms with Gasteiger partial charge in [0.2, 0.25) is 5.91 Å². The number of hydrogen-bond donors (Lipinski definition) is 1. The van der Waals surface area contributed by atoms with Gasteiger partial charge in [-0.2, -0.15) is 0 Å². The predicted octanol–water partition coefficient (Wildman–Crippen LogP) is 3.92. The number of amides is 1. The monoisotopic (exact) mass is 383 g/mol. The molecule has 3 rings (SSSR count). The molecule has 2 aromatic carbocycles. The van der Waals surface area contributed by atoms with Crippen molar-refractivity contribution >= 4 is 17.5 Å². The minimum atomic E-state index is -0.333. The first-order valence-corrected chi connectivity index (χ1v) is 9.09. The summed E-state index contributed by atoms with van der Waals surface area (Å²) in [6.45, 7) is 0. The Morgan fingerprint density at radius 3 is 2.70 bits per heavy atom. The van der Waals surface area contributed by atoms with Gasteiger partial charge in [-0.05, 0) is 41.8 Å². The highest BCUT2D eigenvalue weighted by Crippen LogP contribution is 2.22. The summed E-state index contributed by atoms with van der Waals surface area (Å²) in [4.78, 5) is 17.0. The number of carbonyl (C=O) groups excluding carboxylic acids is 1. The van der Waals surface area contributed by atoms with Crippen LogP contribution in [0.25, 0.3) is 0 Å². The third kappa shape index (κ3) is 4.89. The molecule has 0 aliphatic heterocycles. The van der Waals surface area contributed by atoms with E-state index in [-0.39, 0.29) is 11.9 Å². The lowest BCUT2D eigenvalue weighted by atomic mass is 10.0. The van der Waals surface area contributed by atoms with Crippen LogP contribution in [0.3, 0.4) is 0 Å². The number of aryl methyl sites for hydroxylation is 2. The van der Waals surface area contributed by atoms with Crippen LogP contribution in [0.15, 0.2) is 60.9 Å². The number of nitrogens with zero attached hydrogens (tertiary/aromatic N) is 2. The van der Waals surface area contributed by atoms with Gasteiger partial charge in [-0.15, -0.1) is 0 Å². The summed E-state index contributed by atoms with van der Waals surface area (Å²) in [6, 6.07) is 14.9. The zero-order valence-electron chi connectivity index (χ0n) is 15.4. The quantitative estimate of drug-likeness (QED) is 0.672. The average molecular weight is 384 g/mol. The molecule has 0 radical (unpaired) electrons. The van der Waals surface area contributed by atoms with E-state index in [1.165, 1.54) is 0 Å². The lowest BCUT2D eigenvalue weighted by Gasteiger charge is -2.19. The number of nitrogens with one attached hydrogen (secondary N) is 1. The third-order valence-corrected chi connectivity index (χ3v) is 4.65. The molecule has 1 amide bonds. The second-order valence-corrected chi connectivity index (χ2v) is 6.74. The SMILES string of the molecule is COc1cccc(CCC(=O)NC(c2ccc(Cl)cc2)c2nccn2C)c1. The van der Waals surface area contributed by atoms with E-state index in [2.05, 4.69) is 10.3 Å². The summed E-state index contributed by atoms with van der Waals surface area (Å²) in [5, 5.41) is 3.75. The Morgan fingerprint density at radius 1 is 1.26 bits per heavy atom. The van der Waals surface area contributed by atoms with E-state index < -0.39 is 0 Å². The molecule has 27 heavy (non-hydrogen) atoms. The van der Waals surface area contributed by atoms with Crippen molar-refractivity contribution in [3.05, 3.63) is 82.9 Å². The zero-order valence-corrected chi connectivity index (χ0v) is 16.1. The van der Waals surface area contributed by atoms with Crippen LogP contribution in [0.4, 0.5) is 0 Å². The lowest BCUT2D eigenvalue weighted by molar-refractivity contribution is -0.121. The van der Waals surface area contributed by atoms with E-state index >= 15 is 0 Å². The van der Waals surface area contributed by atoms with Gasteiger partial charge in [-0.3, -0.25) is 4.79 Å². The zero-order chi connectivity index (χ0) is 19.2. The summed E-state index contributed by atoms with van der Waals surface area (Å²) in [5.41, 5.74) is 1.99. The van der Waals surface area contributed by atoms with Crippen LogP contribution < -0.4 is 10.1 Å². The molecule has 0 saturated heterocycles. The Kier molecular flexibility index (Phi) is 6.14. The first kappa shape index (κ1) is 19.0. The maximum Gasteiger partial charge on any atom is 0.221 e. The van der Waals surface area contributed by atoms with Crippen molar-refractivity contribution in [3.63, 3.8) is 0 Å². The van der Waals surface area contributed by atoms with E-state index in [0.717, 1.165) is 22.7 Å². The molecule has 0 saturated carbocycles. The number of carbonyl (C=O) groups is 1. The Balaban J connectivity index is 1.72. The molecule has 0 bridgehead atoms. The summed E-state index contributed by atoms with van der Waals surface area (Å²) in [5.74, 6) is 1.52. The maximum absolute atomic E-state index is 12.6. The van der Waals surface area contributed by atoms with Crippen molar-refractivity contribution in [3.8, 4) is 5.75 Å². The van der Waals surface area contributed by atoms with Crippen molar-refractivity contribution in [2.24, 2.45) is 7.05 Å². The van der Waals surface area contributed by atoms with Gasteiger partial charge in [0, 0.05) is 30.9 Å². The lowest BCUT2D eigenvalue weighted by Crippen LogP contribution is -2.31. The standard InChI is InChI=1S/C21H22ClN3O2/c1-25-13-12-23-21(25)20(16-7-9-17(22)10-8-16)24-19(26)11-6-15-4-3-5-18(14-15)27-2/h3-5,7-10,12-14,20H,6,11H2,1-2H3,(H,24,26). The largest absolute Gasteiger partial charge is 0.497 e. The molecule has 0 spiro atoms. The Morgan fingerprint density at radius 2 is 2.04 bits per heavy atom. The van der Waals surface area contributed by atoms with Crippen LogP contribution >= 0.6 is 11.6 Å². The summed E-state index contributed by atoms with van der Waals surface area (Å²) in [6.07, 6.45) is 4.60. The van der Waals surface area contributed by atoms with Gasteiger partial charge in [0.05, 0.1) is 7.11 Å². The van der Waals surface area contributed by atoms with Crippen LogP contribution in [0.2, 0.25) is 5.02 Å². The normalized spacial score (nSPS) is 11.8. The fraction of sp³-hybridized carbons (Fsp3) is 0.238. The van der Waals surface area contributed by atoms with Gasteiger partial charge in [-0.1, -0.05) is 35.9 Å². The van der Waals surface area contributed by atoms with Crippen LogP contribution in [-0.2, 0) is 18.3 Å². The molecule has 5 nitrogen and oxygen atoms in total. The van der Waals surface area contributed by atoms with Crippen LogP contribution in [0, 0.1) is 0 Å². The molecule has 1 aromatic heterocycles. The first-order chi connectivity index (χ1) is 13.1. The van der Waals surface area contributed by atoms with Gasteiger partial charge in [0.25, 0.3) is 0 Å². The van der Waals surface area contributed by atoms with Crippen molar-refractivity contribution in [2.45, 2.75) is 18.9 Å². The van der Waals surface area contributed by atoms with Gasteiger partial charge >= 0.3 is 0 Å². The molecule has 0 fully saturated rings. The Labute approximate surface area is 164 Å². The molecular weight excluding hydrogens is 362 g/mol. The molecule has 6 heteroatoms. The third-order valence-electron chi connectivity index (χ3n) is 4.40. The second kappa shape index (κ2) is 8.73. The van der Waals surface area contributed by atoms with E-state index in [4.69, 9.17) is 16.3 Å². The number of imidazole rings is 1.